The maximum atomic E-state index is 11.0. The summed E-state index contributed by atoms with van der Waals surface area (Å²) in [5.41, 5.74) is 3.76. The molecule has 0 aliphatic heterocycles. The fraction of sp³-hybridized carbons (Fsp3) is 0. The van der Waals surface area contributed by atoms with E-state index < -0.39 is 0 Å². The highest BCUT2D eigenvalue weighted by Gasteiger charge is 2.11. The Kier molecular flexibility index (Phi) is 3.79. The van der Waals surface area contributed by atoms with Crippen LogP contribution in [-0.2, 0) is 0 Å². The van der Waals surface area contributed by atoms with E-state index in [1.165, 1.54) is 0 Å². The van der Waals surface area contributed by atoms with Crippen LogP contribution in [0.25, 0.3) is 0 Å². The lowest BCUT2D eigenvalue weighted by Gasteiger charge is -2.25. The van der Waals surface area contributed by atoms with Crippen molar-refractivity contribution in [1.82, 2.24) is 0 Å². The van der Waals surface area contributed by atoms with Crippen LogP contribution >= 0.6 is 0 Å². The summed E-state index contributed by atoms with van der Waals surface area (Å²) in [5, 5.41) is 0. The number of para-hydroxylation sites is 2. The zero-order valence-corrected chi connectivity index (χ0v) is 11.5. The molecule has 102 valence electrons. The lowest BCUT2D eigenvalue weighted by Crippen LogP contribution is -2.09. The van der Waals surface area contributed by atoms with Crippen molar-refractivity contribution in [2.45, 2.75) is 0 Å². The van der Waals surface area contributed by atoms with E-state index in [-0.39, 0.29) is 0 Å². The molecule has 0 aromatic heterocycles. The van der Waals surface area contributed by atoms with Crippen molar-refractivity contribution in [2.75, 3.05) is 4.90 Å². The number of carbonyl (C=O) groups is 1. The molecule has 3 aromatic carbocycles. The van der Waals surface area contributed by atoms with Crippen molar-refractivity contribution in [3.63, 3.8) is 0 Å². The Morgan fingerprint density at radius 2 is 1.14 bits per heavy atom. The van der Waals surface area contributed by atoms with Gasteiger partial charge in [0.1, 0.15) is 6.29 Å². The van der Waals surface area contributed by atoms with Crippen molar-refractivity contribution in [3.8, 4) is 0 Å². The molecule has 2 heteroatoms. The van der Waals surface area contributed by atoms with Crippen molar-refractivity contribution in [1.29, 1.82) is 0 Å². The third-order valence-electron chi connectivity index (χ3n) is 3.29. The number of aldehydes is 1. The van der Waals surface area contributed by atoms with Crippen LogP contribution in [0.5, 0.6) is 0 Å². The molecular weight excluding hydrogens is 258 g/mol. The van der Waals surface area contributed by atoms with Gasteiger partial charge in [0.05, 0.1) is 0 Å². The van der Waals surface area contributed by atoms with E-state index in [9.17, 15) is 4.79 Å². The molecule has 0 amide bonds. The molecule has 0 heterocycles. The van der Waals surface area contributed by atoms with Crippen LogP contribution in [0.15, 0.2) is 84.9 Å². The fourth-order valence-electron chi connectivity index (χ4n) is 2.34. The van der Waals surface area contributed by atoms with Crippen LogP contribution in [0.1, 0.15) is 10.4 Å². The molecule has 0 spiro atoms. The average Bonchev–Trinajstić information content (AvgIpc) is 2.57. The molecule has 3 rings (SSSR count). The third kappa shape index (κ3) is 2.84. The molecule has 0 aliphatic carbocycles. The smallest absolute Gasteiger partial charge is 0.150 e. The number of hydrogen-bond donors (Lipinski definition) is 0. The summed E-state index contributed by atoms with van der Waals surface area (Å²) in [6.45, 7) is 0. The fourth-order valence-corrected chi connectivity index (χ4v) is 2.34. The van der Waals surface area contributed by atoms with Crippen molar-refractivity contribution in [3.05, 3.63) is 90.5 Å². The molecule has 0 N–H and O–H groups in total. The summed E-state index contributed by atoms with van der Waals surface area (Å²) in [6, 6.07) is 27.9. The highest BCUT2D eigenvalue weighted by atomic mass is 16.1. The van der Waals surface area contributed by atoms with E-state index in [0.717, 1.165) is 23.3 Å². The van der Waals surface area contributed by atoms with E-state index >= 15 is 0 Å². The molecule has 0 saturated heterocycles. The normalized spacial score (nSPS) is 10.1. The molecule has 2 nitrogen and oxygen atoms in total. The van der Waals surface area contributed by atoms with Crippen LogP contribution in [0.2, 0.25) is 0 Å². The average molecular weight is 273 g/mol. The predicted octanol–water partition coefficient (Wildman–Crippen LogP) is 4.97. The minimum absolute atomic E-state index is 0.671. The van der Waals surface area contributed by atoms with Gasteiger partial charge in [-0.1, -0.05) is 48.5 Å². The zero-order chi connectivity index (χ0) is 14.5. The van der Waals surface area contributed by atoms with Gasteiger partial charge in [-0.25, -0.2) is 0 Å². The second-order valence-electron chi connectivity index (χ2n) is 4.72. The van der Waals surface area contributed by atoms with E-state index in [4.69, 9.17) is 0 Å². The molecule has 0 unspecified atom stereocenters. The topological polar surface area (TPSA) is 20.3 Å². The van der Waals surface area contributed by atoms with Gasteiger partial charge in [-0.05, 0) is 36.4 Å². The Labute approximate surface area is 124 Å². The van der Waals surface area contributed by atoms with Crippen molar-refractivity contribution >= 4 is 23.3 Å². The number of nitrogens with zero attached hydrogens (tertiary/aromatic N) is 1. The van der Waals surface area contributed by atoms with E-state index in [2.05, 4.69) is 29.2 Å². The number of carbonyl (C=O) groups excluding carboxylic acids is 1. The van der Waals surface area contributed by atoms with Crippen molar-refractivity contribution in [2.24, 2.45) is 0 Å². The highest BCUT2D eigenvalue weighted by Crippen LogP contribution is 2.34. The first-order valence-corrected chi connectivity index (χ1v) is 6.84. The summed E-state index contributed by atoms with van der Waals surface area (Å²) < 4.78 is 0. The zero-order valence-electron chi connectivity index (χ0n) is 11.5. The third-order valence-corrected chi connectivity index (χ3v) is 3.29. The van der Waals surface area contributed by atoms with Gasteiger partial charge in [0.25, 0.3) is 0 Å². The Morgan fingerprint density at radius 1 is 0.619 bits per heavy atom. The van der Waals surface area contributed by atoms with Crippen LogP contribution in [0.4, 0.5) is 17.1 Å². The second-order valence-corrected chi connectivity index (χ2v) is 4.72. The van der Waals surface area contributed by atoms with E-state index in [1.54, 1.807) is 0 Å². The summed E-state index contributed by atoms with van der Waals surface area (Å²) >= 11 is 0. The van der Waals surface area contributed by atoms with Crippen LogP contribution in [0, 0.1) is 0 Å². The molecule has 0 atom stereocenters. The Hall–Kier alpha value is -2.87. The molecule has 0 fully saturated rings. The monoisotopic (exact) mass is 273 g/mol. The molecule has 0 radical (unpaired) electrons. The van der Waals surface area contributed by atoms with Crippen LogP contribution in [0.3, 0.4) is 0 Å². The summed E-state index contributed by atoms with van der Waals surface area (Å²) in [4.78, 5) is 13.2. The first-order valence-electron chi connectivity index (χ1n) is 6.84. The predicted molar refractivity (Wildman–Crippen MR) is 86.5 cm³/mol. The Bertz CT molecular complexity index is 683. The molecule has 0 bridgehead atoms. The lowest BCUT2D eigenvalue weighted by molar-refractivity contribution is 0.112. The van der Waals surface area contributed by atoms with Crippen LogP contribution < -0.4 is 4.90 Å². The molecule has 0 aliphatic rings. The largest absolute Gasteiger partial charge is 0.310 e. The molecule has 0 saturated carbocycles. The van der Waals surface area contributed by atoms with Gasteiger partial charge in [0.2, 0.25) is 0 Å². The number of benzene rings is 3. The standard InChI is InChI=1S/C19H15NO/c21-15-16-8-7-13-19(14-16)20(17-9-3-1-4-10-17)18-11-5-2-6-12-18/h1-15H. The number of anilines is 3. The lowest BCUT2D eigenvalue weighted by atomic mass is 10.1. The van der Waals surface area contributed by atoms with Gasteiger partial charge in [0.15, 0.2) is 0 Å². The van der Waals surface area contributed by atoms with Gasteiger partial charge in [-0.2, -0.15) is 0 Å². The van der Waals surface area contributed by atoms with Gasteiger partial charge >= 0.3 is 0 Å². The maximum Gasteiger partial charge on any atom is 0.150 e. The molecular formula is C19H15NO. The SMILES string of the molecule is O=Cc1cccc(N(c2ccccc2)c2ccccc2)c1. The van der Waals surface area contributed by atoms with Gasteiger partial charge < -0.3 is 4.90 Å². The first kappa shape index (κ1) is 13.1. The quantitative estimate of drug-likeness (QED) is 0.625. The molecule has 21 heavy (non-hydrogen) atoms. The Morgan fingerprint density at radius 3 is 1.67 bits per heavy atom. The first-order chi connectivity index (χ1) is 10.4. The number of rotatable bonds is 4. The summed E-state index contributed by atoms with van der Waals surface area (Å²) in [7, 11) is 0. The van der Waals surface area contributed by atoms with Gasteiger partial charge in [-0.15, -0.1) is 0 Å². The Balaban J connectivity index is 2.14. The summed E-state index contributed by atoms with van der Waals surface area (Å²) in [6.07, 6.45) is 0.873. The van der Waals surface area contributed by atoms with E-state index in [0.29, 0.717) is 5.56 Å². The summed E-state index contributed by atoms with van der Waals surface area (Å²) in [5.74, 6) is 0. The van der Waals surface area contributed by atoms with Gasteiger partial charge in [-0.3, -0.25) is 4.79 Å². The highest BCUT2D eigenvalue weighted by molar-refractivity contribution is 5.82. The van der Waals surface area contributed by atoms with Crippen molar-refractivity contribution < 1.29 is 4.79 Å². The number of hydrogen-bond acceptors (Lipinski definition) is 2. The van der Waals surface area contributed by atoms with Crippen LogP contribution in [-0.4, -0.2) is 6.29 Å². The minimum Gasteiger partial charge on any atom is -0.310 e. The minimum atomic E-state index is 0.671. The maximum absolute atomic E-state index is 11.0. The second kappa shape index (κ2) is 6.06. The van der Waals surface area contributed by atoms with E-state index in [1.807, 2.05) is 60.7 Å². The molecule has 3 aromatic rings. The van der Waals surface area contributed by atoms with Gasteiger partial charge in [0, 0.05) is 22.6 Å².